The molecule has 0 fully saturated rings. The zero-order chi connectivity index (χ0) is 19.1. The molecule has 27 heavy (non-hydrogen) atoms. The van der Waals surface area contributed by atoms with Crippen LogP contribution in [0.15, 0.2) is 78.9 Å². The van der Waals surface area contributed by atoms with E-state index >= 15 is 0 Å². The molecule has 0 radical (unpaired) electrons. The van der Waals surface area contributed by atoms with Crippen LogP contribution in [-0.2, 0) is 11.2 Å². The van der Waals surface area contributed by atoms with Gasteiger partial charge in [-0.25, -0.2) is 4.39 Å². The predicted octanol–water partition coefficient (Wildman–Crippen LogP) is 4.65. The minimum Gasteiger partial charge on any atom is -0.325 e. The van der Waals surface area contributed by atoms with Gasteiger partial charge in [-0.15, -0.1) is 0 Å². The molecule has 0 aromatic heterocycles. The second-order valence-corrected chi connectivity index (χ2v) is 6.04. The van der Waals surface area contributed by atoms with Crippen molar-refractivity contribution in [2.24, 2.45) is 0 Å². The Kier molecular flexibility index (Phi) is 5.94. The quantitative estimate of drug-likeness (QED) is 0.671. The second kappa shape index (κ2) is 8.76. The summed E-state index contributed by atoms with van der Waals surface area (Å²) in [4.78, 5) is 24.8. The fourth-order valence-electron chi connectivity index (χ4n) is 2.64. The van der Waals surface area contributed by atoms with Crippen LogP contribution < -0.4 is 10.6 Å². The molecule has 0 unspecified atom stereocenters. The number of rotatable bonds is 6. The Morgan fingerprint density at radius 3 is 2.19 bits per heavy atom. The van der Waals surface area contributed by atoms with E-state index in [-0.39, 0.29) is 17.6 Å². The average molecular weight is 362 g/mol. The van der Waals surface area contributed by atoms with Crippen LogP contribution in [0, 0.1) is 5.82 Å². The smallest absolute Gasteiger partial charge is 0.257 e. The maximum absolute atomic E-state index is 13.0. The number of amides is 2. The van der Waals surface area contributed by atoms with Crippen molar-refractivity contribution in [3.05, 3.63) is 95.8 Å². The summed E-state index contributed by atoms with van der Waals surface area (Å²) < 4.78 is 13.0. The topological polar surface area (TPSA) is 58.2 Å². The number of benzene rings is 3. The number of carbonyl (C=O) groups is 2. The molecule has 0 saturated carbocycles. The Hall–Kier alpha value is -3.47. The van der Waals surface area contributed by atoms with Gasteiger partial charge >= 0.3 is 0 Å². The van der Waals surface area contributed by atoms with E-state index in [0.29, 0.717) is 29.8 Å². The molecule has 3 aromatic rings. The SMILES string of the molecule is O=C(CCc1ccccc1)Nc1ccccc1C(=O)Nc1ccc(F)cc1. The Labute approximate surface area is 157 Å². The minimum absolute atomic E-state index is 0.166. The average Bonchev–Trinajstić information content (AvgIpc) is 2.69. The molecule has 0 aliphatic carbocycles. The molecule has 4 nitrogen and oxygen atoms in total. The summed E-state index contributed by atoms with van der Waals surface area (Å²) in [5.74, 6) is -0.916. The fraction of sp³-hybridized carbons (Fsp3) is 0.0909. The van der Waals surface area contributed by atoms with E-state index in [1.165, 1.54) is 24.3 Å². The lowest BCUT2D eigenvalue weighted by atomic mass is 10.1. The molecule has 0 atom stereocenters. The van der Waals surface area contributed by atoms with Crippen LogP contribution in [0.2, 0.25) is 0 Å². The van der Waals surface area contributed by atoms with Crippen LogP contribution in [0.25, 0.3) is 0 Å². The predicted molar refractivity (Wildman–Crippen MR) is 104 cm³/mol. The maximum Gasteiger partial charge on any atom is 0.257 e. The van der Waals surface area contributed by atoms with Crippen LogP contribution in [0.1, 0.15) is 22.3 Å². The summed E-state index contributed by atoms with van der Waals surface area (Å²) >= 11 is 0. The first-order valence-corrected chi connectivity index (χ1v) is 8.61. The first-order valence-electron chi connectivity index (χ1n) is 8.61. The third kappa shape index (κ3) is 5.25. The van der Waals surface area contributed by atoms with E-state index in [1.54, 1.807) is 24.3 Å². The minimum atomic E-state index is -0.376. The van der Waals surface area contributed by atoms with Gasteiger partial charge in [0.15, 0.2) is 0 Å². The highest BCUT2D eigenvalue weighted by molar-refractivity contribution is 6.10. The highest BCUT2D eigenvalue weighted by Crippen LogP contribution is 2.18. The zero-order valence-electron chi connectivity index (χ0n) is 14.6. The molecule has 5 heteroatoms. The number of halogens is 1. The lowest BCUT2D eigenvalue weighted by molar-refractivity contribution is -0.116. The fourth-order valence-corrected chi connectivity index (χ4v) is 2.64. The van der Waals surface area contributed by atoms with Gasteiger partial charge in [0.25, 0.3) is 5.91 Å². The summed E-state index contributed by atoms with van der Waals surface area (Å²) in [7, 11) is 0. The molecule has 3 aromatic carbocycles. The zero-order valence-corrected chi connectivity index (χ0v) is 14.6. The molecule has 2 amide bonds. The van der Waals surface area contributed by atoms with Crippen molar-refractivity contribution >= 4 is 23.2 Å². The van der Waals surface area contributed by atoms with E-state index in [9.17, 15) is 14.0 Å². The van der Waals surface area contributed by atoms with Crippen LogP contribution >= 0.6 is 0 Å². The molecule has 0 saturated heterocycles. The molecule has 0 aliphatic heterocycles. The van der Waals surface area contributed by atoms with Crippen molar-refractivity contribution in [2.45, 2.75) is 12.8 Å². The Bertz CT molecular complexity index is 925. The van der Waals surface area contributed by atoms with Crippen molar-refractivity contribution in [1.82, 2.24) is 0 Å². The second-order valence-electron chi connectivity index (χ2n) is 6.04. The van der Waals surface area contributed by atoms with Crippen molar-refractivity contribution in [2.75, 3.05) is 10.6 Å². The van der Waals surface area contributed by atoms with Gasteiger partial charge in [0.05, 0.1) is 11.3 Å². The number of anilines is 2. The van der Waals surface area contributed by atoms with Gasteiger partial charge in [-0.1, -0.05) is 42.5 Å². The summed E-state index contributed by atoms with van der Waals surface area (Å²) in [6.45, 7) is 0. The third-order valence-electron chi connectivity index (χ3n) is 4.03. The molecule has 0 aliphatic rings. The number of nitrogens with one attached hydrogen (secondary N) is 2. The summed E-state index contributed by atoms with van der Waals surface area (Å²) in [5.41, 5.74) is 2.34. The summed E-state index contributed by atoms with van der Waals surface area (Å²) in [6.07, 6.45) is 0.939. The third-order valence-corrected chi connectivity index (χ3v) is 4.03. The van der Waals surface area contributed by atoms with E-state index < -0.39 is 0 Å². The van der Waals surface area contributed by atoms with E-state index in [1.807, 2.05) is 30.3 Å². The van der Waals surface area contributed by atoms with Gasteiger partial charge in [0.1, 0.15) is 5.82 Å². The standard InChI is InChI=1S/C22H19FN2O2/c23-17-11-13-18(14-12-17)24-22(27)19-8-4-5-9-20(19)25-21(26)15-10-16-6-2-1-3-7-16/h1-9,11-14H,10,15H2,(H,24,27)(H,25,26). The Morgan fingerprint density at radius 2 is 1.44 bits per heavy atom. The van der Waals surface area contributed by atoms with Crippen molar-refractivity contribution in [1.29, 1.82) is 0 Å². The Balaban J connectivity index is 1.65. The van der Waals surface area contributed by atoms with Crippen LogP contribution in [0.4, 0.5) is 15.8 Å². The molecule has 136 valence electrons. The van der Waals surface area contributed by atoms with Gasteiger partial charge in [-0.2, -0.15) is 0 Å². The lowest BCUT2D eigenvalue weighted by Gasteiger charge is -2.11. The van der Waals surface area contributed by atoms with Crippen molar-refractivity contribution < 1.29 is 14.0 Å². The van der Waals surface area contributed by atoms with Crippen molar-refractivity contribution in [3.8, 4) is 0 Å². The molecule has 0 spiro atoms. The van der Waals surface area contributed by atoms with Gasteiger partial charge < -0.3 is 10.6 Å². The van der Waals surface area contributed by atoms with Crippen molar-refractivity contribution in [3.63, 3.8) is 0 Å². The monoisotopic (exact) mass is 362 g/mol. The molecular weight excluding hydrogens is 343 g/mol. The van der Waals surface area contributed by atoms with Crippen LogP contribution in [-0.4, -0.2) is 11.8 Å². The molecule has 2 N–H and O–H groups in total. The molecule has 3 rings (SSSR count). The van der Waals surface area contributed by atoms with Crippen LogP contribution in [0.5, 0.6) is 0 Å². The van der Waals surface area contributed by atoms with Crippen LogP contribution in [0.3, 0.4) is 0 Å². The summed E-state index contributed by atoms with van der Waals surface area (Å²) in [5, 5.41) is 5.50. The van der Waals surface area contributed by atoms with Gasteiger partial charge in [-0.3, -0.25) is 9.59 Å². The number of hydrogen-bond donors (Lipinski definition) is 2. The van der Waals surface area contributed by atoms with E-state index in [0.717, 1.165) is 5.56 Å². The number of aryl methyl sites for hydroxylation is 1. The summed E-state index contributed by atoms with van der Waals surface area (Å²) in [6, 6.07) is 22.0. The number of para-hydroxylation sites is 1. The number of carbonyl (C=O) groups excluding carboxylic acids is 2. The number of hydrogen-bond acceptors (Lipinski definition) is 2. The van der Waals surface area contributed by atoms with E-state index in [2.05, 4.69) is 10.6 Å². The highest BCUT2D eigenvalue weighted by Gasteiger charge is 2.13. The lowest BCUT2D eigenvalue weighted by Crippen LogP contribution is -2.18. The maximum atomic E-state index is 13.0. The highest BCUT2D eigenvalue weighted by atomic mass is 19.1. The van der Waals surface area contributed by atoms with Gasteiger partial charge in [0.2, 0.25) is 5.91 Å². The Morgan fingerprint density at radius 1 is 0.778 bits per heavy atom. The molecular formula is C22H19FN2O2. The largest absolute Gasteiger partial charge is 0.325 e. The molecule has 0 heterocycles. The molecule has 0 bridgehead atoms. The first-order chi connectivity index (χ1) is 13.1. The van der Waals surface area contributed by atoms with E-state index in [4.69, 9.17) is 0 Å². The van der Waals surface area contributed by atoms with Gasteiger partial charge in [0, 0.05) is 12.1 Å². The first kappa shape index (κ1) is 18.3. The van der Waals surface area contributed by atoms with Gasteiger partial charge in [-0.05, 0) is 48.4 Å². The normalized spacial score (nSPS) is 10.3.